The van der Waals surface area contributed by atoms with Gasteiger partial charge in [0.25, 0.3) is 5.04 Å². The van der Waals surface area contributed by atoms with Gasteiger partial charge in [0.15, 0.2) is 0 Å². The largest absolute Gasteiger partial charge is 0.623 e. The van der Waals surface area contributed by atoms with E-state index in [1.54, 1.807) is 0 Å². The Bertz CT molecular complexity index is 278. The van der Waals surface area contributed by atoms with E-state index in [0.29, 0.717) is 0 Å². The lowest BCUT2D eigenvalue weighted by Crippen LogP contribution is -2.08. The summed E-state index contributed by atoms with van der Waals surface area (Å²) in [6, 6.07) is 9.65. The number of hydrogen-bond donors (Lipinski definition) is 0. The summed E-state index contributed by atoms with van der Waals surface area (Å²) in [5.41, 5.74) is 0.975. The van der Waals surface area contributed by atoms with Crippen molar-refractivity contribution in [1.82, 2.24) is 0 Å². The molecule has 3 heteroatoms. The van der Waals surface area contributed by atoms with E-state index in [-0.39, 0.29) is 0 Å². The van der Waals surface area contributed by atoms with Crippen molar-refractivity contribution in [3.63, 3.8) is 0 Å². The average Bonchev–Trinajstić information content (AvgIpc) is 2.07. The summed E-state index contributed by atoms with van der Waals surface area (Å²) in [5, 5.41) is 11.8. The van der Waals surface area contributed by atoms with E-state index in [9.17, 15) is 5.21 Å². The molecule has 0 spiro atoms. The third kappa shape index (κ3) is 2.01. The summed E-state index contributed by atoms with van der Waals surface area (Å²) in [4.78, 5) is 0. The molecule has 0 aliphatic rings. The number of nitrogens with zero attached hydrogens (tertiary/aromatic N) is 1. The second kappa shape index (κ2) is 4.16. The summed E-state index contributed by atoms with van der Waals surface area (Å²) in [7, 11) is 1.51. The summed E-state index contributed by atoms with van der Waals surface area (Å²) < 4.78 is 0.889. The van der Waals surface area contributed by atoms with Crippen LogP contribution in [-0.4, -0.2) is 23.1 Å². The number of hydrogen-bond acceptors (Lipinski definition) is 2. The molecule has 1 aromatic rings. The van der Waals surface area contributed by atoms with Gasteiger partial charge in [-0.15, -0.1) is 0 Å². The Labute approximate surface area is 76.5 Å². The molecule has 12 heavy (non-hydrogen) atoms. The van der Waals surface area contributed by atoms with Gasteiger partial charge in [-0.3, -0.25) is 0 Å². The number of benzene rings is 1. The maximum atomic E-state index is 11.0. The number of thioether (sulfide) groups is 1. The molecule has 0 aliphatic carbocycles. The number of hydroxylamine groups is 1. The first kappa shape index (κ1) is 9.13. The first-order chi connectivity index (χ1) is 5.75. The van der Waals surface area contributed by atoms with Crippen LogP contribution in [0.3, 0.4) is 0 Å². The predicted molar refractivity (Wildman–Crippen MR) is 53.6 cm³/mol. The highest BCUT2D eigenvalue weighted by atomic mass is 32.2. The third-order valence-corrected chi connectivity index (χ3v) is 2.38. The molecule has 64 valence electrons. The minimum atomic E-state index is 0.746. The van der Waals surface area contributed by atoms with Crippen LogP contribution in [0.15, 0.2) is 30.3 Å². The van der Waals surface area contributed by atoms with Gasteiger partial charge in [0.05, 0.1) is 5.56 Å². The molecular formula is C9H11NOS. The molecule has 1 rings (SSSR count). The zero-order valence-corrected chi connectivity index (χ0v) is 7.97. The van der Waals surface area contributed by atoms with Crippen LogP contribution >= 0.6 is 11.8 Å². The van der Waals surface area contributed by atoms with Crippen LogP contribution in [0, 0.1) is 5.21 Å². The number of rotatable bonds is 1. The Hall–Kier alpha value is -0.960. The fourth-order valence-electron chi connectivity index (χ4n) is 1.01. The molecule has 0 saturated carbocycles. The normalized spacial score (nSPS) is 12.5. The van der Waals surface area contributed by atoms with E-state index in [2.05, 4.69) is 0 Å². The van der Waals surface area contributed by atoms with E-state index in [4.69, 9.17) is 0 Å². The minimum absolute atomic E-state index is 0.746. The molecule has 0 unspecified atom stereocenters. The fraction of sp³-hybridized carbons (Fsp3) is 0.222. The predicted octanol–water partition coefficient (Wildman–Crippen LogP) is 1.94. The highest BCUT2D eigenvalue weighted by molar-refractivity contribution is 8.13. The van der Waals surface area contributed by atoms with Crippen molar-refractivity contribution in [3.05, 3.63) is 41.1 Å². The monoisotopic (exact) mass is 181 g/mol. The summed E-state index contributed by atoms with van der Waals surface area (Å²) in [6.07, 6.45) is 1.90. The van der Waals surface area contributed by atoms with Crippen molar-refractivity contribution in [2.75, 3.05) is 13.3 Å². The fourth-order valence-corrected chi connectivity index (χ4v) is 1.64. The summed E-state index contributed by atoms with van der Waals surface area (Å²) in [6.45, 7) is 0. The second-order valence-corrected chi connectivity index (χ2v) is 3.17. The van der Waals surface area contributed by atoms with Crippen LogP contribution in [-0.2, 0) is 0 Å². The maximum Gasteiger partial charge on any atom is 0.252 e. The standard InChI is InChI=1S/C9H11NOS/c1-10(11)9(12-2)8-6-4-3-5-7-8/h3-7H,1-2H3/b10-9-. The van der Waals surface area contributed by atoms with Crippen LogP contribution in [0.5, 0.6) is 0 Å². The van der Waals surface area contributed by atoms with Crippen LogP contribution in [0.1, 0.15) is 5.56 Å². The summed E-state index contributed by atoms with van der Waals surface area (Å²) >= 11 is 1.46. The van der Waals surface area contributed by atoms with Crippen molar-refractivity contribution in [2.45, 2.75) is 0 Å². The van der Waals surface area contributed by atoms with Gasteiger partial charge in [-0.05, 0) is 18.4 Å². The Morgan fingerprint density at radius 1 is 1.33 bits per heavy atom. The molecule has 0 radical (unpaired) electrons. The van der Waals surface area contributed by atoms with Crippen molar-refractivity contribution in [1.29, 1.82) is 0 Å². The van der Waals surface area contributed by atoms with Crippen LogP contribution in [0.2, 0.25) is 0 Å². The van der Waals surface area contributed by atoms with Crippen LogP contribution < -0.4 is 0 Å². The molecule has 1 aromatic carbocycles. The van der Waals surface area contributed by atoms with E-state index >= 15 is 0 Å². The van der Waals surface area contributed by atoms with Crippen molar-refractivity contribution in [3.8, 4) is 0 Å². The molecule has 0 bridgehead atoms. The molecule has 0 atom stereocenters. The lowest BCUT2D eigenvalue weighted by Gasteiger charge is -2.03. The highest BCUT2D eigenvalue weighted by Gasteiger charge is 2.07. The highest BCUT2D eigenvalue weighted by Crippen LogP contribution is 2.09. The molecule has 0 fully saturated rings. The van der Waals surface area contributed by atoms with Crippen molar-refractivity contribution >= 4 is 16.8 Å². The van der Waals surface area contributed by atoms with Crippen LogP contribution in [0.25, 0.3) is 0 Å². The van der Waals surface area contributed by atoms with Crippen LogP contribution in [0.4, 0.5) is 0 Å². The quantitative estimate of drug-likeness (QED) is 0.217. The maximum absolute atomic E-state index is 11.0. The van der Waals surface area contributed by atoms with Gasteiger partial charge in [0, 0.05) is 0 Å². The lowest BCUT2D eigenvalue weighted by atomic mass is 10.2. The lowest BCUT2D eigenvalue weighted by molar-refractivity contribution is -0.418. The molecule has 2 nitrogen and oxygen atoms in total. The van der Waals surface area contributed by atoms with Gasteiger partial charge in [-0.1, -0.05) is 30.0 Å². The molecule has 0 aromatic heterocycles. The zero-order chi connectivity index (χ0) is 8.97. The molecular weight excluding hydrogens is 170 g/mol. The van der Waals surface area contributed by atoms with Gasteiger partial charge in [0.1, 0.15) is 7.05 Å². The Morgan fingerprint density at radius 2 is 1.92 bits per heavy atom. The average molecular weight is 181 g/mol. The smallest absolute Gasteiger partial charge is 0.252 e. The van der Waals surface area contributed by atoms with Gasteiger partial charge in [0.2, 0.25) is 0 Å². The topological polar surface area (TPSA) is 26.1 Å². The summed E-state index contributed by atoms with van der Waals surface area (Å²) in [5.74, 6) is 0. The first-order valence-electron chi connectivity index (χ1n) is 3.63. The zero-order valence-electron chi connectivity index (χ0n) is 7.15. The van der Waals surface area contributed by atoms with E-state index in [1.165, 1.54) is 18.8 Å². The molecule has 0 heterocycles. The molecule has 0 aliphatic heterocycles. The van der Waals surface area contributed by atoms with Crippen molar-refractivity contribution < 1.29 is 4.74 Å². The molecule has 0 saturated heterocycles. The van der Waals surface area contributed by atoms with Gasteiger partial charge in [-0.2, -0.15) is 0 Å². The Morgan fingerprint density at radius 3 is 2.33 bits per heavy atom. The Kier molecular flexibility index (Phi) is 3.17. The van der Waals surface area contributed by atoms with Gasteiger partial charge < -0.3 is 5.21 Å². The SMILES string of the molecule is CS/C(c1ccccc1)=[N+](/C)[O-]. The van der Waals surface area contributed by atoms with Gasteiger partial charge >= 0.3 is 0 Å². The van der Waals surface area contributed by atoms with Crippen molar-refractivity contribution in [2.24, 2.45) is 0 Å². The molecule has 0 N–H and O–H groups in total. The first-order valence-corrected chi connectivity index (χ1v) is 4.85. The van der Waals surface area contributed by atoms with Gasteiger partial charge in [-0.25, -0.2) is 4.74 Å². The third-order valence-electron chi connectivity index (χ3n) is 1.50. The van der Waals surface area contributed by atoms with E-state index < -0.39 is 0 Å². The molecule has 0 amide bonds. The Balaban J connectivity index is 3.05. The second-order valence-electron chi connectivity index (χ2n) is 2.37. The minimum Gasteiger partial charge on any atom is -0.623 e. The van der Waals surface area contributed by atoms with E-state index in [1.807, 2.05) is 36.6 Å². The van der Waals surface area contributed by atoms with E-state index in [0.717, 1.165) is 15.3 Å².